The summed E-state index contributed by atoms with van der Waals surface area (Å²) in [5.74, 6) is -0.393. The summed E-state index contributed by atoms with van der Waals surface area (Å²) in [5, 5.41) is 0.598. The number of fused-ring (bicyclic) bond motifs is 1. The maximum Gasteiger partial charge on any atom is 0.311 e. The number of carbonyl (C=O) groups excluding carboxylic acids is 2. The van der Waals surface area contributed by atoms with Crippen LogP contribution in [0.5, 0.6) is 0 Å². The van der Waals surface area contributed by atoms with Crippen molar-refractivity contribution < 1.29 is 18.7 Å². The summed E-state index contributed by atoms with van der Waals surface area (Å²) in [6.45, 7) is 0.326. The molecule has 0 spiro atoms. The standard InChI is InChI=1S/C19H15ClN2O4/c1-25-19(24)12-8-17(23)22(10-12)14-5-2-11(3-6-14)18-21-15-9-13(20)4-7-16(15)26-18/h2-7,9,12H,8,10H2,1H3/t12-/m1/s1. The van der Waals surface area contributed by atoms with Crippen LogP contribution in [0.4, 0.5) is 5.69 Å². The molecule has 1 aliphatic rings. The molecule has 0 unspecified atom stereocenters. The number of amides is 1. The summed E-state index contributed by atoms with van der Waals surface area (Å²) in [4.78, 5) is 29.9. The summed E-state index contributed by atoms with van der Waals surface area (Å²) in [5.41, 5.74) is 2.86. The molecule has 1 aromatic heterocycles. The molecule has 1 atom stereocenters. The topological polar surface area (TPSA) is 72.6 Å². The lowest BCUT2D eigenvalue weighted by atomic mass is 10.1. The molecular weight excluding hydrogens is 356 g/mol. The van der Waals surface area contributed by atoms with E-state index < -0.39 is 5.92 Å². The van der Waals surface area contributed by atoms with Gasteiger partial charge in [-0.05, 0) is 42.5 Å². The number of aromatic nitrogens is 1. The predicted octanol–water partition coefficient (Wildman–Crippen LogP) is 3.67. The van der Waals surface area contributed by atoms with Gasteiger partial charge in [-0.1, -0.05) is 11.6 Å². The molecule has 3 aromatic rings. The Morgan fingerprint density at radius 1 is 1.27 bits per heavy atom. The number of hydrogen-bond donors (Lipinski definition) is 0. The van der Waals surface area contributed by atoms with Gasteiger partial charge in [0.15, 0.2) is 5.58 Å². The third kappa shape index (κ3) is 2.93. The number of nitrogens with zero attached hydrogens (tertiary/aromatic N) is 2. The van der Waals surface area contributed by atoms with E-state index >= 15 is 0 Å². The number of hydrogen-bond acceptors (Lipinski definition) is 5. The van der Waals surface area contributed by atoms with Crippen LogP contribution in [0.2, 0.25) is 5.02 Å². The molecule has 4 rings (SSSR count). The molecule has 1 aliphatic heterocycles. The zero-order valence-corrected chi connectivity index (χ0v) is 14.7. The Bertz CT molecular complexity index is 996. The van der Waals surface area contributed by atoms with Crippen LogP contribution in [-0.4, -0.2) is 30.5 Å². The molecule has 132 valence electrons. The third-order valence-corrected chi connectivity index (χ3v) is 4.67. The number of ether oxygens (including phenoxy) is 1. The second kappa shape index (κ2) is 6.46. The number of carbonyl (C=O) groups is 2. The van der Waals surface area contributed by atoms with Crippen LogP contribution >= 0.6 is 11.6 Å². The van der Waals surface area contributed by atoms with Crippen LogP contribution in [0.15, 0.2) is 46.9 Å². The molecule has 0 N–H and O–H groups in total. The summed E-state index contributed by atoms with van der Waals surface area (Å²) in [6.07, 6.45) is 0.167. The summed E-state index contributed by atoms with van der Waals surface area (Å²) in [7, 11) is 1.33. The molecule has 0 bridgehead atoms. The van der Waals surface area contributed by atoms with Gasteiger partial charge >= 0.3 is 5.97 Å². The molecule has 1 fully saturated rings. The summed E-state index contributed by atoms with van der Waals surface area (Å²) >= 11 is 5.97. The Balaban J connectivity index is 1.58. The van der Waals surface area contributed by atoms with Crippen molar-refractivity contribution in [2.75, 3.05) is 18.6 Å². The first-order valence-electron chi connectivity index (χ1n) is 8.10. The number of benzene rings is 2. The second-order valence-corrected chi connectivity index (χ2v) is 6.54. The van der Waals surface area contributed by atoms with E-state index in [0.29, 0.717) is 28.6 Å². The Labute approximate surface area is 154 Å². The van der Waals surface area contributed by atoms with Gasteiger partial charge in [0, 0.05) is 29.2 Å². The zero-order valence-electron chi connectivity index (χ0n) is 13.9. The van der Waals surface area contributed by atoms with Crippen molar-refractivity contribution in [3.8, 4) is 11.5 Å². The molecule has 6 nitrogen and oxygen atoms in total. The highest BCUT2D eigenvalue weighted by atomic mass is 35.5. The average molecular weight is 371 g/mol. The fourth-order valence-electron chi connectivity index (χ4n) is 3.09. The van der Waals surface area contributed by atoms with Crippen LogP contribution in [0.25, 0.3) is 22.6 Å². The monoisotopic (exact) mass is 370 g/mol. The van der Waals surface area contributed by atoms with Crippen LogP contribution in [0.3, 0.4) is 0 Å². The first-order valence-corrected chi connectivity index (χ1v) is 8.47. The average Bonchev–Trinajstić information content (AvgIpc) is 3.24. The second-order valence-electron chi connectivity index (χ2n) is 6.11. The number of oxazole rings is 1. The van der Waals surface area contributed by atoms with Gasteiger partial charge in [-0.25, -0.2) is 4.98 Å². The van der Waals surface area contributed by atoms with Crippen molar-refractivity contribution >= 4 is 40.3 Å². The van der Waals surface area contributed by atoms with Crippen LogP contribution in [0, 0.1) is 5.92 Å². The maximum atomic E-state index is 12.2. The summed E-state index contributed by atoms with van der Waals surface area (Å²) < 4.78 is 10.5. The van der Waals surface area contributed by atoms with Crippen LogP contribution in [-0.2, 0) is 14.3 Å². The minimum absolute atomic E-state index is 0.0929. The Kier molecular flexibility index (Phi) is 4.12. The third-order valence-electron chi connectivity index (χ3n) is 4.44. The number of rotatable bonds is 3. The van der Waals surface area contributed by atoms with E-state index in [1.165, 1.54) is 7.11 Å². The van der Waals surface area contributed by atoms with E-state index in [1.54, 1.807) is 23.1 Å². The fraction of sp³-hybridized carbons (Fsp3) is 0.211. The van der Waals surface area contributed by atoms with Crippen LogP contribution in [0.1, 0.15) is 6.42 Å². The highest BCUT2D eigenvalue weighted by molar-refractivity contribution is 6.31. The van der Waals surface area contributed by atoms with E-state index in [-0.39, 0.29) is 18.3 Å². The van der Waals surface area contributed by atoms with Gasteiger partial charge < -0.3 is 14.1 Å². The highest BCUT2D eigenvalue weighted by Crippen LogP contribution is 2.30. The molecule has 0 radical (unpaired) electrons. The molecule has 0 saturated carbocycles. The van der Waals surface area contributed by atoms with Gasteiger partial charge in [-0.3, -0.25) is 9.59 Å². The molecule has 2 aromatic carbocycles. The van der Waals surface area contributed by atoms with Gasteiger partial charge in [-0.2, -0.15) is 0 Å². The molecule has 1 saturated heterocycles. The molecule has 0 aliphatic carbocycles. The van der Waals surface area contributed by atoms with Gasteiger partial charge in [0.25, 0.3) is 0 Å². The minimum Gasteiger partial charge on any atom is -0.469 e. The summed E-state index contributed by atoms with van der Waals surface area (Å²) in [6, 6.07) is 12.6. The molecule has 2 heterocycles. The zero-order chi connectivity index (χ0) is 18.3. The first-order chi connectivity index (χ1) is 12.5. The number of halogens is 1. The molecular formula is C19H15ClN2O4. The van der Waals surface area contributed by atoms with E-state index in [9.17, 15) is 9.59 Å². The van der Waals surface area contributed by atoms with Crippen molar-refractivity contribution in [2.45, 2.75) is 6.42 Å². The normalized spacial score (nSPS) is 17.1. The van der Waals surface area contributed by atoms with Crippen molar-refractivity contribution in [3.05, 3.63) is 47.5 Å². The number of methoxy groups -OCH3 is 1. The quantitative estimate of drug-likeness (QED) is 0.658. The Hall–Kier alpha value is -2.86. The predicted molar refractivity (Wildman–Crippen MR) is 96.9 cm³/mol. The number of anilines is 1. The van der Waals surface area contributed by atoms with Gasteiger partial charge in [0.05, 0.1) is 13.0 Å². The largest absolute Gasteiger partial charge is 0.469 e. The maximum absolute atomic E-state index is 12.2. The van der Waals surface area contributed by atoms with E-state index in [0.717, 1.165) is 11.3 Å². The van der Waals surface area contributed by atoms with E-state index in [2.05, 4.69) is 4.98 Å². The number of esters is 1. The van der Waals surface area contributed by atoms with Crippen molar-refractivity contribution in [1.29, 1.82) is 0 Å². The van der Waals surface area contributed by atoms with Crippen molar-refractivity contribution in [1.82, 2.24) is 4.98 Å². The van der Waals surface area contributed by atoms with Crippen molar-refractivity contribution in [3.63, 3.8) is 0 Å². The SMILES string of the molecule is COC(=O)[C@@H]1CC(=O)N(c2ccc(-c3nc4cc(Cl)ccc4o3)cc2)C1. The first kappa shape index (κ1) is 16.6. The van der Waals surface area contributed by atoms with E-state index in [4.69, 9.17) is 20.8 Å². The molecule has 7 heteroatoms. The lowest BCUT2D eigenvalue weighted by Crippen LogP contribution is -2.26. The highest BCUT2D eigenvalue weighted by Gasteiger charge is 2.35. The van der Waals surface area contributed by atoms with Crippen molar-refractivity contribution in [2.24, 2.45) is 5.92 Å². The molecule has 1 amide bonds. The Morgan fingerprint density at radius 3 is 2.77 bits per heavy atom. The molecule has 26 heavy (non-hydrogen) atoms. The smallest absolute Gasteiger partial charge is 0.311 e. The van der Waals surface area contributed by atoms with E-state index in [1.807, 2.05) is 24.3 Å². The van der Waals surface area contributed by atoms with Gasteiger partial charge in [0.1, 0.15) is 5.52 Å². The van der Waals surface area contributed by atoms with Gasteiger partial charge in [0.2, 0.25) is 11.8 Å². The van der Waals surface area contributed by atoms with Gasteiger partial charge in [-0.15, -0.1) is 0 Å². The lowest BCUT2D eigenvalue weighted by Gasteiger charge is -2.16. The minimum atomic E-state index is -0.422. The Morgan fingerprint density at radius 2 is 2.04 bits per heavy atom. The fourth-order valence-corrected chi connectivity index (χ4v) is 3.26. The lowest BCUT2D eigenvalue weighted by molar-refractivity contribution is -0.145. The van der Waals surface area contributed by atoms with Crippen LogP contribution < -0.4 is 4.90 Å².